The van der Waals surface area contributed by atoms with Gasteiger partial charge >= 0.3 is 0 Å². The largest absolute Gasteiger partial charge is 0.307 e. The Balaban J connectivity index is 2.78. The second-order valence-corrected chi connectivity index (χ2v) is 3.06. The molecule has 0 amide bonds. The van der Waals surface area contributed by atoms with E-state index >= 15 is 0 Å². The zero-order chi connectivity index (χ0) is 10.4. The smallest absolute Gasteiger partial charge is 0.146 e. The molecule has 1 atom stereocenters. The molecule has 76 valence electrons. The van der Waals surface area contributed by atoms with E-state index in [0.29, 0.717) is 5.56 Å². The topological polar surface area (TPSA) is 24.9 Å². The van der Waals surface area contributed by atoms with E-state index in [1.54, 1.807) is 18.3 Å². The van der Waals surface area contributed by atoms with E-state index in [2.05, 4.69) is 23.8 Å². The van der Waals surface area contributed by atoms with E-state index in [0.717, 1.165) is 13.0 Å². The molecule has 0 aromatic carbocycles. The Morgan fingerprint density at radius 1 is 1.71 bits per heavy atom. The zero-order valence-electron chi connectivity index (χ0n) is 8.33. The lowest BCUT2D eigenvalue weighted by molar-refractivity contribution is 0.552. The third kappa shape index (κ3) is 2.64. The van der Waals surface area contributed by atoms with Crippen LogP contribution in [-0.4, -0.2) is 11.5 Å². The van der Waals surface area contributed by atoms with Gasteiger partial charge < -0.3 is 5.32 Å². The predicted molar refractivity (Wildman–Crippen MR) is 55.4 cm³/mol. The molecule has 14 heavy (non-hydrogen) atoms. The number of rotatable bonds is 5. The lowest BCUT2D eigenvalue weighted by Gasteiger charge is -2.14. The molecule has 0 saturated carbocycles. The molecule has 1 aromatic rings. The second-order valence-electron chi connectivity index (χ2n) is 3.06. The molecule has 2 nitrogen and oxygen atoms in total. The molecule has 1 rings (SSSR count). The van der Waals surface area contributed by atoms with Gasteiger partial charge in [0.2, 0.25) is 0 Å². The molecule has 0 spiro atoms. The van der Waals surface area contributed by atoms with Crippen LogP contribution in [0.3, 0.4) is 0 Å². The third-order valence-electron chi connectivity index (χ3n) is 1.99. The first-order valence-corrected chi connectivity index (χ1v) is 4.75. The molecular weight excluding hydrogens is 179 g/mol. The highest BCUT2D eigenvalue weighted by atomic mass is 19.1. The van der Waals surface area contributed by atoms with Crippen LogP contribution in [0.15, 0.2) is 31.1 Å². The molecule has 0 fully saturated rings. The van der Waals surface area contributed by atoms with E-state index in [-0.39, 0.29) is 11.9 Å². The van der Waals surface area contributed by atoms with Crippen LogP contribution in [-0.2, 0) is 0 Å². The molecule has 0 aliphatic heterocycles. The van der Waals surface area contributed by atoms with Gasteiger partial charge in [0, 0.05) is 11.8 Å². The van der Waals surface area contributed by atoms with Crippen molar-refractivity contribution in [3.8, 4) is 0 Å². The van der Waals surface area contributed by atoms with Gasteiger partial charge in [0.25, 0.3) is 0 Å². The molecule has 1 heterocycles. The Kier molecular flexibility index (Phi) is 4.26. The van der Waals surface area contributed by atoms with Crippen LogP contribution in [0, 0.1) is 5.82 Å². The first-order chi connectivity index (χ1) is 6.79. The summed E-state index contributed by atoms with van der Waals surface area (Å²) >= 11 is 0. The van der Waals surface area contributed by atoms with Crippen LogP contribution < -0.4 is 5.32 Å². The van der Waals surface area contributed by atoms with E-state index in [4.69, 9.17) is 0 Å². The molecule has 1 aromatic heterocycles. The van der Waals surface area contributed by atoms with Gasteiger partial charge in [0.15, 0.2) is 0 Å². The van der Waals surface area contributed by atoms with Gasteiger partial charge in [-0.25, -0.2) is 4.39 Å². The number of hydrogen-bond acceptors (Lipinski definition) is 2. The van der Waals surface area contributed by atoms with Gasteiger partial charge in [-0.15, -0.1) is 6.58 Å². The summed E-state index contributed by atoms with van der Waals surface area (Å²) in [6, 6.07) is 1.54. The minimum absolute atomic E-state index is 0.127. The van der Waals surface area contributed by atoms with Gasteiger partial charge in [-0.2, -0.15) is 0 Å². The van der Waals surface area contributed by atoms with Crippen LogP contribution in [0.25, 0.3) is 0 Å². The number of hydrogen-bond donors (Lipinski definition) is 1. The Hall–Kier alpha value is -1.22. The highest BCUT2D eigenvalue weighted by Gasteiger charge is 2.10. The maximum absolute atomic E-state index is 13.3. The standard InChI is InChI=1S/C11H15FN2/c1-3-6-14-11(4-2)9-5-7-13-8-10(9)12/h4-5,7-8,11,14H,2-3,6H2,1H3. The van der Waals surface area contributed by atoms with Crippen molar-refractivity contribution in [1.82, 2.24) is 10.3 Å². The minimum atomic E-state index is -0.291. The second kappa shape index (κ2) is 5.50. The lowest BCUT2D eigenvalue weighted by Crippen LogP contribution is -2.21. The quantitative estimate of drug-likeness (QED) is 0.728. The van der Waals surface area contributed by atoms with Crippen molar-refractivity contribution in [2.24, 2.45) is 0 Å². The van der Waals surface area contributed by atoms with Crippen LogP contribution in [0.4, 0.5) is 4.39 Å². The Bertz CT molecular complexity index is 299. The Labute approximate surface area is 83.9 Å². The summed E-state index contributed by atoms with van der Waals surface area (Å²) in [5, 5.41) is 3.19. The van der Waals surface area contributed by atoms with E-state index in [1.807, 2.05) is 0 Å². The van der Waals surface area contributed by atoms with Gasteiger partial charge in [0.1, 0.15) is 5.82 Å². The van der Waals surface area contributed by atoms with Gasteiger partial charge in [-0.1, -0.05) is 13.0 Å². The van der Waals surface area contributed by atoms with Crippen molar-refractivity contribution in [3.63, 3.8) is 0 Å². The fourth-order valence-corrected chi connectivity index (χ4v) is 1.26. The predicted octanol–water partition coefficient (Wildman–Crippen LogP) is 2.45. The fourth-order valence-electron chi connectivity index (χ4n) is 1.26. The number of pyridine rings is 1. The molecule has 0 saturated heterocycles. The zero-order valence-corrected chi connectivity index (χ0v) is 8.33. The number of nitrogens with zero attached hydrogens (tertiary/aromatic N) is 1. The molecule has 0 aliphatic rings. The van der Waals surface area contributed by atoms with Crippen molar-refractivity contribution in [3.05, 3.63) is 42.5 Å². The van der Waals surface area contributed by atoms with Crippen molar-refractivity contribution >= 4 is 0 Å². The van der Waals surface area contributed by atoms with Crippen LogP contribution >= 0.6 is 0 Å². The third-order valence-corrected chi connectivity index (χ3v) is 1.99. The maximum atomic E-state index is 13.3. The summed E-state index contributed by atoms with van der Waals surface area (Å²) in [6.07, 6.45) is 5.52. The van der Waals surface area contributed by atoms with Crippen LogP contribution in [0.5, 0.6) is 0 Å². The number of halogens is 1. The summed E-state index contributed by atoms with van der Waals surface area (Å²) in [4.78, 5) is 3.70. The van der Waals surface area contributed by atoms with Crippen molar-refractivity contribution in [1.29, 1.82) is 0 Å². The summed E-state index contributed by atoms with van der Waals surface area (Å²) in [7, 11) is 0. The van der Waals surface area contributed by atoms with Crippen molar-refractivity contribution < 1.29 is 4.39 Å². The minimum Gasteiger partial charge on any atom is -0.307 e. The maximum Gasteiger partial charge on any atom is 0.146 e. The first-order valence-electron chi connectivity index (χ1n) is 4.75. The highest BCUT2D eigenvalue weighted by molar-refractivity contribution is 5.21. The van der Waals surface area contributed by atoms with E-state index < -0.39 is 0 Å². The summed E-state index contributed by atoms with van der Waals surface area (Å²) in [6.45, 7) is 6.59. The number of aromatic nitrogens is 1. The summed E-state index contributed by atoms with van der Waals surface area (Å²) in [5.74, 6) is -0.291. The van der Waals surface area contributed by atoms with Gasteiger partial charge in [-0.05, 0) is 19.0 Å². The Morgan fingerprint density at radius 3 is 3.07 bits per heavy atom. The Morgan fingerprint density at radius 2 is 2.50 bits per heavy atom. The molecular formula is C11H15FN2. The normalized spacial score (nSPS) is 12.4. The van der Waals surface area contributed by atoms with E-state index in [9.17, 15) is 4.39 Å². The monoisotopic (exact) mass is 194 g/mol. The average Bonchev–Trinajstić information content (AvgIpc) is 2.21. The molecule has 1 N–H and O–H groups in total. The highest BCUT2D eigenvalue weighted by Crippen LogP contribution is 2.16. The van der Waals surface area contributed by atoms with Gasteiger partial charge in [-0.3, -0.25) is 4.98 Å². The van der Waals surface area contributed by atoms with Crippen molar-refractivity contribution in [2.45, 2.75) is 19.4 Å². The summed E-state index contributed by atoms with van der Waals surface area (Å²) in [5.41, 5.74) is 0.600. The molecule has 3 heteroatoms. The van der Waals surface area contributed by atoms with Crippen molar-refractivity contribution in [2.75, 3.05) is 6.54 Å². The average molecular weight is 194 g/mol. The van der Waals surface area contributed by atoms with Gasteiger partial charge in [0.05, 0.1) is 12.2 Å². The van der Waals surface area contributed by atoms with Crippen LogP contribution in [0.2, 0.25) is 0 Å². The fraction of sp³-hybridized carbons (Fsp3) is 0.364. The first kappa shape index (κ1) is 10.9. The SMILES string of the molecule is C=CC(NCCC)c1ccncc1F. The van der Waals surface area contributed by atoms with Crippen LogP contribution in [0.1, 0.15) is 24.9 Å². The molecule has 0 radical (unpaired) electrons. The number of nitrogens with one attached hydrogen (secondary N) is 1. The molecule has 0 aliphatic carbocycles. The molecule has 0 bridgehead atoms. The summed E-state index contributed by atoms with van der Waals surface area (Å²) < 4.78 is 13.3. The lowest BCUT2D eigenvalue weighted by atomic mass is 10.1. The molecule has 1 unspecified atom stereocenters. The van der Waals surface area contributed by atoms with E-state index in [1.165, 1.54) is 6.20 Å².